The molecule has 8 heteroatoms. The lowest BCUT2D eigenvalue weighted by atomic mass is 10.1. The van der Waals surface area contributed by atoms with Crippen LogP contribution in [0.1, 0.15) is 35.7 Å². The molecule has 0 bridgehead atoms. The maximum Gasteiger partial charge on any atom is 0.335 e. The molecule has 2 N–H and O–H groups in total. The molecule has 2 aromatic carbocycles. The molecule has 158 valence electrons. The van der Waals surface area contributed by atoms with Gasteiger partial charge >= 0.3 is 5.97 Å². The Morgan fingerprint density at radius 2 is 1.87 bits per heavy atom. The Kier molecular flexibility index (Phi) is 7.12. The smallest absolute Gasteiger partial charge is 0.335 e. The van der Waals surface area contributed by atoms with E-state index < -0.39 is 16.0 Å². The van der Waals surface area contributed by atoms with Gasteiger partial charge in [0, 0.05) is 13.1 Å². The first-order valence-corrected chi connectivity index (χ1v) is 12.0. The van der Waals surface area contributed by atoms with E-state index in [4.69, 9.17) is 0 Å². The average Bonchev–Trinajstić information content (AvgIpc) is 3.28. The van der Waals surface area contributed by atoms with Crippen LogP contribution in [0.2, 0.25) is 0 Å². The summed E-state index contributed by atoms with van der Waals surface area (Å²) in [6.07, 6.45) is 1.90. The van der Waals surface area contributed by atoms with Gasteiger partial charge in [0.05, 0.1) is 16.9 Å². The highest BCUT2D eigenvalue weighted by Crippen LogP contribution is 2.32. The van der Waals surface area contributed by atoms with Crippen LogP contribution in [0.4, 0.5) is 11.4 Å². The first-order chi connectivity index (χ1) is 14.4. The van der Waals surface area contributed by atoms with Crippen molar-refractivity contribution in [2.24, 2.45) is 0 Å². The third-order valence-corrected chi connectivity index (χ3v) is 7.35. The number of sulfonamides is 1. The molecule has 0 unspecified atom stereocenters. The van der Waals surface area contributed by atoms with Crippen LogP contribution in [-0.4, -0.2) is 26.0 Å². The molecule has 0 aliphatic heterocycles. The number of anilines is 2. The second-order valence-corrected chi connectivity index (χ2v) is 9.69. The van der Waals surface area contributed by atoms with Crippen molar-refractivity contribution in [1.82, 2.24) is 0 Å². The van der Waals surface area contributed by atoms with Crippen molar-refractivity contribution in [3.63, 3.8) is 0 Å². The summed E-state index contributed by atoms with van der Waals surface area (Å²) in [5.41, 5.74) is 2.02. The number of carboxylic acid groups (broad SMARTS) is 1. The molecule has 1 heterocycles. The molecular formula is C22H24N2O4S2. The van der Waals surface area contributed by atoms with Gasteiger partial charge in [-0.1, -0.05) is 49.7 Å². The number of rotatable bonds is 10. The van der Waals surface area contributed by atoms with Crippen LogP contribution in [0.15, 0.2) is 70.3 Å². The summed E-state index contributed by atoms with van der Waals surface area (Å²) in [7, 11) is -3.81. The molecular weight excluding hydrogens is 420 g/mol. The van der Waals surface area contributed by atoms with Gasteiger partial charge in [-0.25, -0.2) is 13.2 Å². The van der Waals surface area contributed by atoms with Crippen LogP contribution < -0.4 is 9.62 Å². The number of hydrogen-bond acceptors (Lipinski definition) is 5. The van der Waals surface area contributed by atoms with E-state index in [-0.39, 0.29) is 15.5 Å². The summed E-state index contributed by atoms with van der Waals surface area (Å²) in [5.74, 6) is -1.11. The summed E-state index contributed by atoms with van der Waals surface area (Å²) in [6, 6.07) is 17.6. The van der Waals surface area contributed by atoms with Crippen LogP contribution in [0, 0.1) is 0 Å². The van der Waals surface area contributed by atoms with Crippen molar-refractivity contribution < 1.29 is 18.3 Å². The number of carboxylic acids is 1. The van der Waals surface area contributed by atoms with Crippen molar-refractivity contribution in [3.05, 3.63) is 77.2 Å². The number of nitrogens with one attached hydrogen (secondary N) is 1. The molecule has 6 nitrogen and oxygen atoms in total. The van der Waals surface area contributed by atoms with Crippen LogP contribution in [0.25, 0.3) is 0 Å². The number of unbranched alkanes of at least 4 members (excludes halogenated alkanes) is 1. The number of aromatic carboxylic acids is 1. The summed E-state index contributed by atoms with van der Waals surface area (Å²) in [4.78, 5) is 13.6. The zero-order chi connectivity index (χ0) is 21.6. The Hall–Kier alpha value is -2.84. The van der Waals surface area contributed by atoms with E-state index in [1.807, 2.05) is 30.3 Å². The lowest BCUT2D eigenvalue weighted by Gasteiger charge is -2.28. The molecule has 3 rings (SSSR count). The van der Waals surface area contributed by atoms with Gasteiger partial charge in [0.1, 0.15) is 4.21 Å². The Labute approximate surface area is 180 Å². The Bertz CT molecular complexity index is 1080. The third-order valence-electron chi connectivity index (χ3n) is 4.59. The fourth-order valence-electron chi connectivity index (χ4n) is 3.08. The first kappa shape index (κ1) is 21.9. The van der Waals surface area contributed by atoms with E-state index in [0.29, 0.717) is 18.8 Å². The fourth-order valence-corrected chi connectivity index (χ4v) is 5.13. The maximum atomic E-state index is 12.8. The van der Waals surface area contributed by atoms with Crippen molar-refractivity contribution in [1.29, 1.82) is 0 Å². The normalized spacial score (nSPS) is 11.2. The minimum atomic E-state index is -3.81. The third kappa shape index (κ3) is 5.40. The van der Waals surface area contributed by atoms with Crippen molar-refractivity contribution in [3.8, 4) is 0 Å². The van der Waals surface area contributed by atoms with Gasteiger partial charge in [-0.15, -0.1) is 11.3 Å². The van der Waals surface area contributed by atoms with Crippen LogP contribution >= 0.6 is 11.3 Å². The first-order valence-electron chi connectivity index (χ1n) is 9.63. The number of thiophene rings is 1. The fraction of sp³-hybridized carbons (Fsp3) is 0.227. The van der Waals surface area contributed by atoms with E-state index in [0.717, 1.165) is 29.7 Å². The number of hydrogen-bond donors (Lipinski definition) is 2. The molecule has 1 aromatic heterocycles. The molecule has 0 amide bonds. The molecule has 0 radical (unpaired) electrons. The van der Waals surface area contributed by atoms with Gasteiger partial charge in [-0.05, 0) is 41.6 Å². The summed E-state index contributed by atoms with van der Waals surface area (Å²) in [5, 5.41) is 11.1. The lowest BCUT2D eigenvalue weighted by Crippen LogP contribution is -2.26. The van der Waals surface area contributed by atoms with Crippen molar-refractivity contribution >= 4 is 38.7 Å². The molecule has 0 saturated carbocycles. The largest absolute Gasteiger partial charge is 0.478 e. The summed E-state index contributed by atoms with van der Waals surface area (Å²) in [6.45, 7) is 3.39. The number of benzene rings is 2. The minimum absolute atomic E-state index is 0.0257. The van der Waals surface area contributed by atoms with E-state index >= 15 is 0 Å². The summed E-state index contributed by atoms with van der Waals surface area (Å²) >= 11 is 1.11. The van der Waals surface area contributed by atoms with E-state index in [2.05, 4.69) is 16.5 Å². The highest BCUT2D eigenvalue weighted by atomic mass is 32.2. The highest BCUT2D eigenvalue weighted by molar-refractivity contribution is 7.94. The zero-order valence-electron chi connectivity index (χ0n) is 16.6. The van der Waals surface area contributed by atoms with Crippen LogP contribution in [0.3, 0.4) is 0 Å². The number of carbonyl (C=O) groups is 1. The molecule has 0 spiro atoms. The minimum Gasteiger partial charge on any atom is -0.478 e. The van der Waals surface area contributed by atoms with Crippen molar-refractivity contribution in [2.45, 2.75) is 30.5 Å². The molecule has 0 fully saturated rings. The number of nitrogens with zero attached hydrogens (tertiary/aromatic N) is 1. The quantitative estimate of drug-likeness (QED) is 0.457. The molecule has 3 aromatic rings. The Morgan fingerprint density at radius 3 is 2.50 bits per heavy atom. The Morgan fingerprint density at radius 1 is 1.10 bits per heavy atom. The van der Waals surface area contributed by atoms with Gasteiger partial charge in [0.25, 0.3) is 10.0 Å². The van der Waals surface area contributed by atoms with E-state index in [1.165, 1.54) is 18.2 Å². The van der Waals surface area contributed by atoms with Gasteiger partial charge < -0.3 is 10.0 Å². The monoisotopic (exact) mass is 444 g/mol. The highest BCUT2D eigenvalue weighted by Gasteiger charge is 2.21. The van der Waals surface area contributed by atoms with E-state index in [9.17, 15) is 18.3 Å². The lowest BCUT2D eigenvalue weighted by molar-refractivity contribution is 0.0697. The predicted octanol–water partition coefficient (Wildman–Crippen LogP) is 5.05. The van der Waals surface area contributed by atoms with Crippen LogP contribution in [0.5, 0.6) is 0 Å². The molecule has 0 saturated heterocycles. The zero-order valence-corrected chi connectivity index (χ0v) is 18.2. The average molecular weight is 445 g/mol. The van der Waals surface area contributed by atoms with Gasteiger partial charge in [-0.2, -0.15) is 0 Å². The van der Waals surface area contributed by atoms with Gasteiger partial charge in [0.2, 0.25) is 0 Å². The molecule has 0 atom stereocenters. The van der Waals surface area contributed by atoms with E-state index in [1.54, 1.807) is 17.5 Å². The topological polar surface area (TPSA) is 86.7 Å². The van der Waals surface area contributed by atoms with Gasteiger partial charge in [0.15, 0.2) is 0 Å². The van der Waals surface area contributed by atoms with Gasteiger partial charge in [-0.3, -0.25) is 4.72 Å². The maximum absolute atomic E-state index is 12.8. The second-order valence-electron chi connectivity index (χ2n) is 6.84. The SMILES string of the molecule is CCCCN(Cc1ccccc1)c1ccc(C(=O)O)cc1NS(=O)(=O)c1cccs1. The standard InChI is InChI=1S/C22H24N2O4S2/c1-2-3-13-24(16-17-8-5-4-6-9-17)20-12-11-18(22(25)26)15-19(20)23-30(27,28)21-10-7-14-29-21/h4-12,14-15,23H,2-3,13,16H2,1H3,(H,25,26). The second kappa shape index (κ2) is 9.77. The van der Waals surface area contributed by atoms with Crippen LogP contribution in [-0.2, 0) is 16.6 Å². The Balaban J connectivity index is 2.02. The molecule has 0 aliphatic rings. The molecule has 30 heavy (non-hydrogen) atoms. The molecule has 0 aliphatic carbocycles. The summed E-state index contributed by atoms with van der Waals surface area (Å²) < 4.78 is 28.4. The van der Waals surface area contributed by atoms with Crippen molar-refractivity contribution in [2.75, 3.05) is 16.2 Å². The predicted molar refractivity (Wildman–Crippen MR) is 121 cm³/mol.